The number of alkyl halides is 3. The fraction of sp³-hybridized carbons (Fsp3) is 0.571. The van der Waals surface area contributed by atoms with E-state index in [-0.39, 0.29) is 11.7 Å². The van der Waals surface area contributed by atoms with Crippen molar-refractivity contribution in [3.05, 3.63) is 29.6 Å². The van der Waals surface area contributed by atoms with E-state index in [0.717, 1.165) is 0 Å². The van der Waals surface area contributed by atoms with Crippen molar-refractivity contribution in [3.63, 3.8) is 0 Å². The van der Waals surface area contributed by atoms with Crippen LogP contribution in [0.25, 0.3) is 0 Å². The Kier molecular flexibility index (Phi) is 5.05. The highest BCUT2D eigenvalue weighted by atomic mass is 19.4. The summed E-state index contributed by atoms with van der Waals surface area (Å²) in [5.41, 5.74) is 0.445. The predicted octanol–water partition coefficient (Wildman–Crippen LogP) is 2.51. The van der Waals surface area contributed by atoms with Crippen LogP contribution in [0.2, 0.25) is 0 Å². The molecule has 21 heavy (non-hydrogen) atoms. The Morgan fingerprint density at radius 3 is 2.81 bits per heavy atom. The molecule has 1 unspecified atom stereocenters. The second-order valence-corrected chi connectivity index (χ2v) is 5.41. The van der Waals surface area contributed by atoms with Gasteiger partial charge >= 0.3 is 6.18 Å². The molecule has 2 N–H and O–H groups in total. The van der Waals surface area contributed by atoms with Crippen LogP contribution in [0.3, 0.4) is 0 Å². The zero-order valence-electron chi connectivity index (χ0n) is 11.5. The molecule has 1 heterocycles. The number of hydrogen-bond acceptors (Lipinski definition) is 3. The largest absolute Gasteiger partial charge is 0.508 e. The first-order valence-electron chi connectivity index (χ1n) is 6.81. The minimum atomic E-state index is -4.16. The van der Waals surface area contributed by atoms with Gasteiger partial charge in [0, 0.05) is 18.7 Å². The standard InChI is InChI=1S/C14H18F4N2O/c15-12-1-2-13(21)11(5-12)7-19-6-10-3-4-20(8-10)9-14(16,17)18/h1-2,5,10,19,21H,3-4,6-9H2. The van der Waals surface area contributed by atoms with E-state index in [0.29, 0.717) is 38.2 Å². The fourth-order valence-electron chi connectivity index (χ4n) is 2.58. The van der Waals surface area contributed by atoms with Gasteiger partial charge < -0.3 is 10.4 Å². The third kappa shape index (κ3) is 5.17. The second-order valence-electron chi connectivity index (χ2n) is 5.41. The van der Waals surface area contributed by atoms with Crippen molar-refractivity contribution in [1.82, 2.24) is 10.2 Å². The molecular formula is C14H18F4N2O. The summed E-state index contributed by atoms with van der Waals surface area (Å²) in [6.07, 6.45) is -3.45. The molecule has 1 saturated heterocycles. The van der Waals surface area contributed by atoms with Gasteiger partial charge in [-0.3, -0.25) is 4.90 Å². The number of rotatable bonds is 5. The van der Waals surface area contributed by atoms with Gasteiger partial charge in [0.15, 0.2) is 0 Å². The number of benzene rings is 1. The SMILES string of the molecule is Oc1ccc(F)cc1CNCC1CCN(CC(F)(F)F)C1. The van der Waals surface area contributed by atoms with Crippen LogP contribution < -0.4 is 5.32 Å². The van der Waals surface area contributed by atoms with Crippen LogP contribution in [0.1, 0.15) is 12.0 Å². The maximum Gasteiger partial charge on any atom is 0.401 e. The molecule has 2 rings (SSSR count). The summed E-state index contributed by atoms with van der Waals surface area (Å²) in [7, 11) is 0. The number of hydrogen-bond donors (Lipinski definition) is 2. The molecule has 0 amide bonds. The minimum Gasteiger partial charge on any atom is -0.508 e. The van der Waals surface area contributed by atoms with Gasteiger partial charge in [0.1, 0.15) is 11.6 Å². The molecule has 118 valence electrons. The van der Waals surface area contributed by atoms with Gasteiger partial charge in [-0.2, -0.15) is 13.2 Å². The zero-order valence-corrected chi connectivity index (χ0v) is 11.5. The summed E-state index contributed by atoms with van der Waals surface area (Å²) < 4.78 is 49.8. The first-order chi connectivity index (χ1) is 9.83. The van der Waals surface area contributed by atoms with Crippen LogP contribution in [0.4, 0.5) is 17.6 Å². The third-order valence-electron chi connectivity index (χ3n) is 3.56. The summed E-state index contributed by atoms with van der Waals surface area (Å²) >= 11 is 0. The highest BCUT2D eigenvalue weighted by molar-refractivity contribution is 5.32. The topological polar surface area (TPSA) is 35.5 Å². The fourth-order valence-corrected chi connectivity index (χ4v) is 2.58. The number of phenolic OH excluding ortho intramolecular Hbond substituents is 1. The molecule has 0 aromatic heterocycles. The van der Waals surface area contributed by atoms with E-state index in [1.807, 2.05) is 0 Å². The van der Waals surface area contributed by atoms with Gasteiger partial charge in [-0.05, 0) is 43.6 Å². The third-order valence-corrected chi connectivity index (χ3v) is 3.56. The summed E-state index contributed by atoms with van der Waals surface area (Å²) in [6.45, 7) is 0.816. The monoisotopic (exact) mass is 306 g/mol. The lowest BCUT2D eigenvalue weighted by Gasteiger charge is -2.18. The first-order valence-corrected chi connectivity index (χ1v) is 6.81. The molecule has 1 aliphatic rings. The maximum absolute atomic E-state index is 13.0. The Balaban J connectivity index is 1.74. The lowest BCUT2D eigenvalue weighted by Crippen LogP contribution is -2.33. The molecule has 1 aromatic rings. The van der Waals surface area contributed by atoms with Crippen LogP contribution in [0, 0.1) is 11.7 Å². The minimum absolute atomic E-state index is 0.00835. The number of nitrogens with zero attached hydrogens (tertiary/aromatic N) is 1. The highest BCUT2D eigenvalue weighted by Gasteiger charge is 2.34. The van der Waals surface area contributed by atoms with Gasteiger partial charge in [-0.1, -0.05) is 0 Å². The van der Waals surface area contributed by atoms with Crippen molar-refractivity contribution in [3.8, 4) is 5.75 Å². The van der Waals surface area contributed by atoms with Gasteiger partial charge in [-0.15, -0.1) is 0 Å². The van der Waals surface area contributed by atoms with E-state index in [2.05, 4.69) is 5.32 Å². The predicted molar refractivity (Wildman–Crippen MR) is 70.4 cm³/mol. The summed E-state index contributed by atoms with van der Waals surface area (Å²) in [4.78, 5) is 1.39. The molecule has 1 atom stereocenters. The van der Waals surface area contributed by atoms with Crippen molar-refractivity contribution < 1.29 is 22.7 Å². The van der Waals surface area contributed by atoms with Gasteiger partial charge in [0.2, 0.25) is 0 Å². The number of halogens is 4. The van der Waals surface area contributed by atoms with Crippen LogP contribution in [0.5, 0.6) is 5.75 Å². The normalized spacial score (nSPS) is 20.1. The number of likely N-dealkylation sites (tertiary alicyclic amines) is 1. The quantitative estimate of drug-likeness (QED) is 0.821. The lowest BCUT2D eigenvalue weighted by atomic mass is 10.1. The summed E-state index contributed by atoms with van der Waals surface area (Å²) in [6, 6.07) is 3.70. The molecule has 1 aromatic carbocycles. The van der Waals surface area contributed by atoms with Crippen LogP contribution in [-0.2, 0) is 6.54 Å². The van der Waals surface area contributed by atoms with Crippen molar-refractivity contribution in [2.45, 2.75) is 19.1 Å². The van der Waals surface area contributed by atoms with Gasteiger partial charge in [0.05, 0.1) is 6.54 Å². The van der Waals surface area contributed by atoms with Crippen molar-refractivity contribution in [2.75, 3.05) is 26.2 Å². The van der Waals surface area contributed by atoms with Crippen molar-refractivity contribution in [2.24, 2.45) is 5.92 Å². The van der Waals surface area contributed by atoms with Crippen molar-refractivity contribution >= 4 is 0 Å². The highest BCUT2D eigenvalue weighted by Crippen LogP contribution is 2.23. The molecular weight excluding hydrogens is 288 g/mol. The van der Waals surface area contributed by atoms with E-state index in [1.54, 1.807) is 0 Å². The average molecular weight is 306 g/mol. The first kappa shape index (κ1) is 16.0. The van der Waals surface area contributed by atoms with Crippen molar-refractivity contribution in [1.29, 1.82) is 0 Å². The summed E-state index contributed by atoms with van der Waals surface area (Å²) in [5.74, 6) is -0.279. The molecule has 1 aliphatic heterocycles. The molecule has 0 spiro atoms. The zero-order chi connectivity index (χ0) is 15.5. The molecule has 3 nitrogen and oxygen atoms in total. The Bertz CT molecular complexity index is 479. The lowest BCUT2D eigenvalue weighted by molar-refractivity contribution is -0.143. The van der Waals surface area contributed by atoms with E-state index in [1.165, 1.54) is 23.1 Å². The molecule has 0 bridgehead atoms. The Hall–Kier alpha value is -1.34. The smallest absolute Gasteiger partial charge is 0.401 e. The number of nitrogens with one attached hydrogen (secondary N) is 1. The van der Waals surface area contributed by atoms with Crippen LogP contribution in [0.15, 0.2) is 18.2 Å². The van der Waals surface area contributed by atoms with E-state index in [9.17, 15) is 22.7 Å². The Morgan fingerprint density at radius 2 is 2.10 bits per heavy atom. The molecule has 0 aliphatic carbocycles. The number of aromatic hydroxyl groups is 1. The van der Waals surface area contributed by atoms with E-state index >= 15 is 0 Å². The van der Waals surface area contributed by atoms with E-state index < -0.39 is 18.5 Å². The molecule has 0 radical (unpaired) electrons. The summed E-state index contributed by atoms with van der Waals surface area (Å²) in [5, 5.41) is 12.6. The molecule has 1 fully saturated rings. The molecule has 0 saturated carbocycles. The second kappa shape index (κ2) is 6.62. The number of phenols is 1. The van der Waals surface area contributed by atoms with E-state index in [4.69, 9.17) is 0 Å². The molecule has 7 heteroatoms. The van der Waals surface area contributed by atoms with Gasteiger partial charge in [0.25, 0.3) is 0 Å². The average Bonchev–Trinajstić information content (AvgIpc) is 2.79. The maximum atomic E-state index is 13.0. The Labute approximate surface area is 120 Å². The van der Waals surface area contributed by atoms with Gasteiger partial charge in [-0.25, -0.2) is 4.39 Å². The van der Waals surface area contributed by atoms with Crippen LogP contribution in [-0.4, -0.2) is 42.4 Å². The Morgan fingerprint density at radius 1 is 1.33 bits per heavy atom. The van der Waals surface area contributed by atoms with Crippen LogP contribution >= 0.6 is 0 Å².